The number of methoxy groups -OCH3 is 1. The summed E-state index contributed by atoms with van der Waals surface area (Å²) in [5.74, 6) is 0.961. The van der Waals surface area contributed by atoms with Gasteiger partial charge in [0.05, 0.1) is 13.0 Å². The molecule has 110 valence electrons. The number of piperidine rings is 1. The third-order valence-corrected chi connectivity index (χ3v) is 3.75. The molecule has 1 aromatic rings. The van der Waals surface area contributed by atoms with Crippen molar-refractivity contribution in [3.8, 4) is 0 Å². The Hall–Kier alpha value is -1.62. The molecule has 0 unspecified atom stereocenters. The highest BCUT2D eigenvalue weighted by atomic mass is 16.5. The van der Waals surface area contributed by atoms with Crippen molar-refractivity contribution in [3.63, 3.8) is 0 Å². The van der Waals surface area contributed by atoms with E-state index in [4.69, 9.17) is 4.74 Å². The fraction of sp³-hybridized carbons (Fsp3) is 0.600. The lowest BCUT2D eigenvalue weighted by Gasteiger charge is -2.30. The maximum absolute atomic E-state index is 11.5. The number of hydrogen-bond acceptors (Lipinski definition) is 5. The van der Waals surface area contributed by atoms with Gasteiger partial charge in [-0.3, -0.25) is 9.69 Å². The van der Waals surface area contributed by atoms with Crippen molar-refractivity contribution >= 4 is 11.8 Å². The molecule has 5 nitrogen and oxygen atoms in total. The number of ether oxygens (including phenoxy) is 1. The summed E-state index contributed by atoms with van der Waals surface area (Å²) < 4.78 is 4.82. The first-order valence-electron chi connectivity index (χ1n) is 7.22. The van der Waals surface area contributed by atoms with Gasteiger partial charge < -0.3 is 10.1 Å². The zero-order valence-corrected chi connectivity index (χ0v) is 12.3. The number of anilines is 1. The molecule has 0 amide bonds. The standard InChI is InChI=1S/C15H23N3O2/c1-3-16-14-13(5-4-8-17-14)11-18-9-6-12(7-10-18)15(19)20-2/h4-5,8,12H,3,6-7,9-11H2,1-2H3,(H,16,17). The average molecular weight is 277 g/mol. The molecule has 0 saturated carbocycles. The molecular weight excluding hydrogens is 254 g/mol. The van der Waals surface area contributed by atoms with Crippen LogP contribution in [0.3, 0.4) is 0 Å². The predicted octanol–water partition coefficient (Wildman–Crippen LogP) is 1.90. The van der Waals surface area contributed by atoms with Crippen LogP contribution >= 0.6 is 0 Å². The monoisotopic (exact) mass is 277 g/mol. The number of rotatable bonds is 5. The second kappa shape index (κ2) is 7.24. The van der Waals surface area contributed by atoms with E-state index in [0.29, 0.717) is 0 Å². The molecule has 5 heteroatoms. The van der Waals surface area contributed by atoms with E-state index >= 15 is 0 Å². The van der Waals surface area contributed by atoms with Gasteiger partial charge >= 0.3 is 5.97 Å². The van der Waals surface area contributed by atoms with Crippen LogP contribution < -0.4 is 5.32 Å². The molecule has 0 aromatic carbocycles. The molecule has 0 bridgehead atoms. The summed E-state index contributed by atoms with van der Waals surface area (Å²) in [6.07, 6.45) is 3.57. The number of nitrogens with one attached hydrogen (secondary N) is 1. The van der Waals surface area contributed by atoms with Gasteiger partial charge in [0, 0.05) is 24.8 Å². The molecule has 1 N–H and O–H groups in total. The molecular formula is C15H23N3O2. The van der Waals surface area contributed by atoms with E-state index in [-0.39, 0.29) is 11.9 Å². The van der Waals surface area contributed by atoms with Crippen LogP contribution in [0, 0.1) is 5.92 Å². The zero-order chi connectivity index (χ0) is 14.4. The van der Waals surface area contributed by atoms with Gasteiger partial charge in [-0.1, -0.05) is 6.07 Å². The molecule has 2 rings (SSSR count). The molecule has 1 fully saturated rings. The van der Waals surface area contributed by atoms with E-state index in [1.807, 2.05) is 12.3 Å². The number of aromatic nitrogens is 1. The Morgan fingerprint density at radius 2 is 2.25 bits per heavy atom. The van der Waals surface area contributed by atoms with E-state index in [0.717, 1.165) is 44.8 Å². The highest BCUT2D eigenvalue weighted by Gasteiger charge is 2.25. The molecule has 0 aliphatic carbocycles. The Labute approximate surface area is 120 Å². The van der Waals surface area contributed by atoms with Gasteiger partial charge in [0.2, 0.25) is 0 Å². The molecule has 0 spiro atoms. The van der Waals surface area contributed by atoms with Gasteiger partial charge in [-0.25, -0.2) is 4.98 Å². The second-order valence-corrected chi connectivity index (χ2v) is 5.12. The van der Waals surface area contributed by atoms with Crippen LogP contribution in [-0.2, 0) is 16.1 Å². The Balaban J connectivity index is 1.91. The van der Waals surface area contributed by atoms with Crippen LogP contribution in [0.25, 0.3) is 0 Å². The van der Waals surface area contributed by atoms with Crippen molar-refractivity contribution in [3.05, 3.63) is 23.9 Å². The highest BCUT2D eigenvalue weighted by molar-refractivity contribution is 5.72. The molecule has 1 aliphatic heterocycles. The van der Waals surface area contributed by atoms with Gasteiger partial charge in [0.25, 0.3) is 0 Å². The maximum atomic E-state index is 11.5. The number of esters is 1. The van der Waals surface area contributed by atoms with Gasteiger partial charge in [0.1, 0.15) is 5.82 Å². The van der Waals surface area contributed by atoms with Crippen LogP contribution in [0.5, 0.6) is 0 Å². The SMILES string of the molecule is CCNc1ncccc1CN1CCC(C(=O)OC)CC1. The van der Waals surface area contributed by atoms with Crippen molar-refractivity contribution in [1.82, 2.24) is 9.88 Å². The summed E-state index contributed by atoms with van der Waals surface area (Å²) in [6, 6.07) is 4.08. The third kappa shape index (κ3) is 3.70. The molecule has 0 radical (unpaired) electrons. The molecule has 0 atom stereocenters. The minimum atomic E-state index is -0.0700. The largest absolute Gasteiger partial charge is 0.469 e. The quantitative estimate of drug-likeness (QED) is 0.833. The molecule has 20 heavy (non-hydrogen) atoms. The number of carbonyl (C=O) groups excluding carboxylic acids is 1. The van der Waals surface area contributed by atoms with Crippen LogP contribution in [0.4, 0.5) is 5.82 Å². The minimum Gasteiger partial charge on any atom is -0.469 e. The van der Waals surface area contributed by atoms with E-state index in [1.165, 1.54) is 12.7 Å². The lowest BCUT2D eigenvalue weighted by atomic mass is 9.97. The Morgan fingerprint density at radius 3 is 2.90 bits per heavy atom. The van der Waals surface area contributed by atoms with Crippen LogP contribution in [-0.4, -0.2) is 42.6 Å². The number of likely N-dealkylation sites (tertiary alicyclic amines) is 1. The molecule has 1 aromatic heterocycles. The van der Waals surface area contributed by atoms with Crippen molar-refractivity contribution in [2.75, 3.05) is 32.1 Å². The number of carbonyl (C=O) groups is 1. The van der Waals surface area contributed by atoms with Gasteiger partial charge in [-0.15, -0.1) is 0 Å². The van der Waals surface area contributed by atoms with E-state index < -0.39 is 0 Å². The molecule has 1 aliphatic rings. The summed E-state index contributed by atoms with van der Waals surface area (Å²) >= 11 is 0. The van der Waals surface area contributed by atoms with Crippen LogP contribution in [0.2, 0.25) is 0 Å². The molecule has 1 saturated heterocycles. The van der Waals surface area contributed by atoms with Crippen molar-refractivity contribution < 1.29 is 9.53 Å². The van der Waals surface area contributed by atoms with Gasteiger partial charge in [-0.2, -0.15) is 0 Å². The van der Waals surface area contributed by atoms with E-state index in [1.54, 1.807) is 0 Å². The first-order valence-corrected chi connectivity index (χ1v) is 7.22. The number of nitrogens with zero attached hydrogens (tertiary/aromatic N) is 2. The Morgan fingerprint density at radius 1 is 1.50 bits per heavy atom. The van der Waals surface area contributed by atoms with Crippen molar-refractivity contribution in [2.45, 2.75) is 26.3 Å². The highest BCUT2D eigenvalue weighted by Crippen LogP contribution is 2.21. The van der Waals surface area contributed by atoms with Crippen LogP contribution in [0.1, 0.15) is 25.3 Å². The normalized spacial score (nSPS) is 16.9. The summed E-state index contributed by atoms with van der Waals surface area (Å²) in [5.41, 5.74) is 1.21. The third-order valence-electron chi connectivity index (χ3n) is 3.75. The summed E-state index contributed by atoms with van der Waals surface area (Å²) in [5, 5.41) is 3.29. The smallest absolute Gasteiger partial charge is 0.308 e. The summed E-state index contributed by atoms with van der Waals surface area (Å²) in [7, 11) is 1.47. The Bertz CT molecular complexity index is 442. The van der Waals surface area contributed by atoms with Crippen LogP contribution in [0.15, 0.2) is 18.3 Å². The fourth-order valence-corrected chi connectivity index (χ4v) is 2.63. The molecule has 2 heterocycles. The fourth-order valence-electron chi connectivity index (χ4n) is 2.63. The zero-order valence-electron chi connectivity index (χ0n) is 12.3. The summed E-state index contributed by atoms with van der Waals surface area (Å²) in [4.78, 5) is 18.3. The number of hydrogen-bond donors (Lipinski definition) is 1. The lowest BCUT2D eigenvalue weighted by molar-refractivity contribution is -0.147. The average Bonchev–Trinajstić information content (AvgIpc) is 2.49. The topological polar surface area (TPSA) is 54.5 Å². The van der Waals surface area contributed by atoms with Crippen molar-refractivity contribution in [1.29, 1.82) is 0 Å². The van der Waals surface area contributed by atoms with E-state index in [2.05, 4.69) is 28.2 Å². The predicted molar refractivity (Wildman–Crippen MR) is 78.4 cm³/mol. The first kappa shape index (κ1) is 14.8. The number of pyridine rings is 1. The second-order valence-electron chi connectivity index (χ2n) is 5.12. The first-order chi connectivity index (χ1) is 9.74. The van der Waals surface area contributed by atoms with Gasteiger partial charge in [0.15, 0.2) is 0 Å². The lowest BCUT2D eigenvalue weighted by Crippen LogP contribution is -2.36. The summed E-state index contributed by atoms with van der Waals surface area (Å²) in [6.45, 7) is 5.68. The maximum Gasteiger partial charge on any atom is 0.308 e. The minimum absolute atomic E-state index is 0.0679. The Kier molecular flexibility index (Phi) is 5.35. The van der Waals surface area contributed by atoms with Crippen molar-refractivity contribution in [2.24, 2.45) is 5.92 Å². The van der Waals surface area contributed by atoms with Gasteiger partial charge in [-0.05, 0) is 38.9 Å². The van der Waals surface area contributed by atoms with E-state index in [9.17, 15) is 4.79 Å².